The van der Waals surface area contributed by atoms with Crippen molar-refractivity contribution in [1.29, 1.82) is 0 Å². The van der Waals surface area contributed by atoms with Crippen molar-refractivity contribution >= 4 is 11.6 Å². The molecule has 0 bridgehead atoms. The van der Waals surface area contributed by atoms with E-state index in [1.54, 1.807) is 0 Å². The predicted molar refractivity (Wildman–Crippen MR) is 110 cm³/mol. The molecule has 2 aromatic carbocycles. The van der Waals surface area contributed by atoms with Crippen molar-refractivity contribution in [2.24, 2.45) is 0 Å². The number of rotatable bonds is 9. The minimum absolute atomic E-state index is 0.0156. The third-order valence-electron chi connectivity index (χ3n) is 4.25. The fourth-order valence-electron chi connectivity index (χ4n) is 2.86. The summed E-state index contributed by atoms with van der Waals surface area (Å²) in [7, 11) is 0. The summed E-state index contributed by atoms with van der Waals surface area (Å²) in [4.78, 5) is 12.5. The number of benzene rings is 2. The van der Waals surface area contributed by atoms with E-state index >= 15 is 0 Å². The van der Waals surface area contributed by atoms with Crippen molar-refractivity contribution in [2.45, 2.75) is 46.7 Å². The zero-order chi connectivity index (χ0) is 19.8. The van der Waals surface area contributed by atoms with E-state index in [9.17, 15) is 4.79 Å². The first-order valence-electron chi connectivity index (χ1n) is 9.47. The van der Waals surface area contributed by atoms with Crippen LogP contribution in [-0.4, -0.2) is 25.2 Å². The van der Waals surface area contributed by atoms with E-state index in [1.807, 2.05) is 77.1 Å². The number of amides is 1. The number of hydrogen-bond acceptors (Lipinski definition) is 4. The quantitative estimate of drug-likeness (QED) is 0.684. The van der Waals surface area contributed by atoms with Crippen molar-refractivity contribution in [3.05, 3.63) is 53.6 Å². The molecule has 0 unspecified atom stereocenters. The highest BCUT2D eigenvalue weighted by atomic mass is 16.5. The molecule has 0 aliphatic carbocycles. The molecule has 2 N–H and O–H groups in total. The van der Waals surface area contributed by atoms with Crippen LogP contribution in [0.4, 0.5) is 5.69 Å². The van der Waals surface area contributed by atoms with Gasteiger partial charge in [0, 0.05) is 11.7 Å². The molecule has 2 rings (SSSR count). The average molecular weight is 370 g/mol. The van der Waals surface area contributed by atoms with E-state index < -0.39 is 0 Å². The second-order valence-electron chi connectivity index (χ2n) is 6.54. The Balaban J connectivity index is 2.03. The van der Waals surface area contributed by atoms with Crippen LogP contribution in [0.5, 0.6) is 11.5 Å². The van der Waals surface area contributed by atoms with Gasteiger partial charge in [-0.3, -0.25) is 10.1 Å². The maximum Gasteiger partial charge on any atom is 0.241 e. The molecule has 146 valence electrons. The molecule has 0 saturated heterocycles. The second kappa shape index (κ2) is 9.97. The standard InChI is InChI=1S/C22H30N2O3/c1-6-26-20-12-11-18(14-21(20)27-7-2)16(4)23-17(5)22(25)24-19-10-8-9-15(3)13-19/h8-14,16-17,23H,6-7H2,1-5H3,(H,24,25)/t16-,17+/m0/s1. The van der Waals surface area contributed by atoms with Gasteiger partial charge < -0.3 is 14.8 Å². The summed E-state index contributed by atoms with van der Waals surface area (Å²) in [6.45, 7) is 10.9. The first kappa shape index (κ1) is 20.8. The summed E-state index contributed by atoms with van der Waals surface area (Å²) in [5.41, 5.74) is 2.96. The summed E-state index contributed by atoms with van der Waals surface area (Å²) in [6, 6.07) is 13.3. The molecule has 0 heterocycles. The lowest BCUT2D eigenvalue weighted by Crippen LogP contribution is -2.39. The zero-order valence-electron chi connectivity index (χ0n) is 16.8. The number of nitrogens with one attached hydrogen (secondary N) is 2. The highest BCUT2D eigenvalue weighted by Gasteiger charge is 2.18. The van der Waals surface area contributed by atoms with Crippen LogP contribution in [0.2, 0.25) is 0 Å². The third-order valence-corrected chi connectivity index (χ3v) is 4.25. The Morgan fingerprint density at radius 1 is 1.00 bits per heavy atom. The highest BCUT2D eigenvalue weighted by molar-refractivity contribution is 5.94. The molecule has 0 saturated carbocycles. The Labute approximate surface area is 162 Å². The van der Waals surface area contributed by atoms with Gasteiger partial charge >= 0.3 is 0 Å². The van der Waals surface area contributed by atoms with Crippen LogP contribution in [0.25, 0.3) is 0 Å². The molecule has 0 aromatic heterocycles. The first-order valence-corrected chi connectivity index (χ1v) is 9.47. The van der Waals surface area contributed by atoms with Crippen molar-refractivity contribution in [3.63, 3.8) is 0 Å². The maximum absolute atomic E-state index is 12.5. The lowest BCUT2D eigenvalue weighted by molar-refractivity contribution is -0.117. The molecule has 0 radical (unpaired) electrons. The molecule has 0 aliphatic rings. The smallest absolute Gasteiger partial charge is 0.241 e. The predicted octanol–water partition coefficient (Wildman–Crippen LogP) is 4.47. The number of carbonyl (C=O) groups excluding carboxylic acids is 1. The third kappa shape index (κ3) is 6.00. The fourth-order valence-corrected chi connectivity index (χ4v) is 2.86. The van der Waals surface area contributed by atoms with Gasteiger partial charge in [-0.15, -0.1) is 0 Å². The minimum atomic E-state index is -0.345. The van der Waals surface area contributed by atoms with Gasteiger partial charge in [0.15, 0.2) is 11.5 Å². The lowest BCUT2D eigenvalue weighted by Gasteiger charge is -2.21. The number of carbonyl (C=O) groups is 1. The maximum atomic E-state index is 12.5. The van der Waals surface area contributed by atoms with Gasteiger partial charge in [-0.1, -0.05) is 18.2 Å². The van der Waals surface area contributed by atoms with Gasteiger partial charge in [0.2, 0.25) is 5.91 Å². The minimum Gasteiger partial charge on any atom is -0.490 e. The first-order chi connectivity index (χ1) is 12.9. The summed E-state index contributed by atoms with van der Waals surface area (Å²) in [5.74, 6) is 1.39. The lowest BCUT2D eigenvalue weighted by atomic mass is 10.1. The van der Waals surface area contributed by atoms with Crippen LogP contribution in [-0.2, 0) is 4.79 Å². The van der Waals surface area contributed by atoms with E-state index in [0.29, 0.717) is 13.2 Å². The van der Waals surface area contributed by atoms with Crippen molar-refractivity contribution in [1.82, 2.24) is 5.32 Å². The molecule has 5 heteroatoms. The second-order valence-corrected chi connectivity index (χ2v) is 6.54. The largest absolute Gasteiger partial charge is 0.490 e. The molecule has 2 atom stereocenters. The number of anilines is 1. The molecule has 0 fully saturated rings. The molecule has 0 aliphatic heterocycles. The molecule has 5 nitrogen and oxygen atoms in total. The van der Waals surface area contributed by atoms with Gasteiger partial charge in [-0.05, 0) is 70.0 Å². The molecule has 1 amide bonds. The summed E-state index contributed by atoms with van der Waals surface area (Å²) in [5, 5.41) is 6.29. The van der Waals surface area contributed by atoms with Gasteiger partial charge in [0.05, 0.1) is 19.3 Å². The monoisotopic (exact) mass is 370 g/mol. The summed E-state index contributed by atoms with van der Waals surface area (Å²) >= 11 is 0. The average Bonchev–Trinajstić information content (AvgIpc) is 2.63. The Morgan fingerprint density at radius 2 is 1.70 bits per heavy atom. The summed E-state index contributed by atoms with van der Waals surface area (Å²) < 4.78 is 11.3. The number of aryl methyl sites for hydroxylation is 1. The van der Waals surface area contributed by atoms with Gasteiger partial charge in [0.1, 0.15) is 0 Å². The zero-order valence-corrected chi connectivity index (χ0v) is 16.8. The van der Waals surface area contributed by atoms with Gasteiger partial charge in [-0.25, -0.2) is 0 Å². The van der Waals surface area contributed by atoms with Crippen LogP contribution >= 0.6 is 0 Å². The number of ether oxygens (including phenoxy) is 2. The highest BCUT2D eigenvalue weighted by Crippen LogP contribution is 2.30. The molecule has 27 heavy (non-hydrogen) atoms. The molecular formula is C22H30N2O3. The van der Waals surface area contributed by atoms with Gasteiger partial charge in [-0.2, -0.15) is 0 Å². The van der Waals surface area contributed by atoms with E-state index in [-0.39, 0.29) is 18.0 Å². The van der Waals surface area contributed by atoms with Crippen molar-refractivity contribution in [2.75, 3.05) is 18.5 Å². The van der Waals surface area contributed by atoms with Crippen LogP contribution in [0, 0.1) is 6.92 Å². The van der Waals surface area contributed by atoms with Crippen LogP contribution in [0.1, 0.15) is 44.9 Å². The topological polar surface area (TPSA) is 59.6 Å². The van der Waals surface area contributed by atoms with E-state index in [0.717, 1.165) is 28.3 Å². The Kier molecular flexibility index (Phi) is 7.67. The van der Waals surface area contributed by atoms with Crippen LogP contribution < -0.4 is 20.1 Å². The molecule has 0 spiro atoms. The van der Waals surface area contributed by atoms with Crippen LogP contribution in [0.3, 0.4) is 0 Å². The van der Waals surface area contributed by atoms with Crippen LogP contribution in [0.15, 0.2) is 42.5 Å². The van der Waals surface area contributed by atoms with E-state index in [4.69, 9.17) is 9.47 Å². The van der Waals surface area contributed by atoms with Gasteiger partial charge in [0.25, 0.3) is 0 Å². The number of hydrogen-bond donors (Lipinski definition) is 2. The SMILES string of the molecule is CCOc1ccc([C@H](C)N[C@H](C)C(=O)Nc2cccc(C)c2)cc1OCC. The fraction of sp³-hybridized carbons (Fsp3) is 0.409. The molecular weight excluding hydrogens is 340 g/mol. The summed E-state index contributed by atoms with van der Waals surface area (Å²) in [6.07, 6.45) is 0. The van der Waals surface area contributed by atoms with Crippen molar-refractivity contribution < 1.29 is 14.3 Å². The van der Waals surface area contributed by atoms with E-state index in [1.165, 1.54) is 0 Å². The molecule has 2 aromatic rings. The normalized spacial score (nSPS) is 12.9. The Morgan fingerprint density at radius 3 is 2.37 bits per heavy atom. The van der Waals surface area contributed by atoms with E-state index in [2.05, 4.69) is 10.6 Å². The van der Waals surface area contributed by atoms with Crippen molar-refractivity contribution in [3.8, 4) is 11.5 Å². The Hall–Kier alpha value is -2.53. The Bertz CT molecular complexity index is 761.